The number of non-ortho nitro benzene ring substituents is 1. The van der Waals surface area contributed by atoms with Crippen LogP contribution in [0, 0.1) is 17.0 Å². The van der Waals surface area contributed by atoms with Gasteiger partial charge in [-0.1, -0.05) is 0 Å². The summed E-state index contributed by atoms with van der Waals surface area (Å²) in [5.41, 5.74) is 2.07. The van der Waals surface area contributed by atoms with E-state index >= 15 is 0 Å². The normalized spacial score (nSPS) is 10.4. The predicted octanol–water partition coefficient (Wildman–Crippen LogP) is 2.02. The number of nitro groups is 1. The van der Waals surface area contributed by atoms with Gasteiger partial charge < -0.3 is 0 Å². The molecule has 0 aliphatic carbocycles. The lowest BCUT2D eigenvalue weighted by molar-refractivity contribution is -0.384. The molecule has 1 heterocycles. The number of rotatable bonds is 2. The lowest BCUT2D eigenvalue weighted by Gasteiger charge is -2.12. The van der Waals surface area contributed by atoms with Gasteiger partial charge in [-0.25, -0.2) is 0 Å². The van der Waals surface area contributed by atoms with E-state index in [2.05, 4.69) is 5.10 Å². The third kappa shape index (κ3) is 1.39. The Morgan fingerprint density at radius 2 is 1.93 bits per heavy atom. The first-order chi connectivity index (χ1) is 6.66. The zero-order chi connectivity index (χ0) is 10.1. The van der Waals surface area contributed by atoms with Crippen molar-refractivity contribution in [1.82, 2.24) is 9.78 Å². The third-order valence-electron chi connectivity index (χ3n) is 1.96. The van der Waals surface area contributed by atoms with Gasteiger partial charge in [-0.05, 0) is 19.1 Å². The summed E-state index contributed by atoms with van der Waals surface area (Å²) >= 11 is 0. The average Bonchev–Trinajstić information content (AvgIpc) is 2.13. The van der Waals surface area contributed by atoms with Crippen LogP contribution in [0.2, 0.25) is 0 Å². The number of aryl methyl sites for hydroxylation is 1. The first-order valence-electron chi connectivity index (χ1n) is 4.15. The molecule has 0 saturated heterocycles. The molecule has 5 heteroatoms. The summed E-state index contributed by atoms with van der Waals surface area (Å²) in [4.78, 5) is 9.97. The number of H-pyrrole nitrogens is 1. The monoisotopic (exact) mass is 191 g/mol. The van der Waals surface area contributed by atoms with Crippen LogP contribution in [0.15, 0.2) is 30.5 Å². The number of hydrogen-bond donors (Lipinski definition) is 1. The van der Waals surface area contributed by atoms with Gasteiger partial charge in [0.2, 0.25) is 0 Å². The largest absolute Gasteiger partial charge is 0.297 e. The SMILES string of the molecule is Cc1cn(-c2ccc([N+](=O)[O-])cc2)[nH]1. The molecule has 1 aromatic heterocycles. The molecule has 0 atom stereocenters. The maximum atomic E-state index is 10.4. The number of nitro benzene ring substituents is 1. The van der Waals surface area contributed by atoms with Crippen LogP contribution in [-0.4, -0.2) is 14.7 Å². The van der Waals surface area contributed by atoms with Crippen molar-refractivity contribution in [3.63, 3.8) is 0 Å². The molecule has 0 radical (unpaired) electrons. The molecule has 0 unspecified atom stereocenters. The van der Waals surface area contributed by atoms with Crippen LogP contribution in [-0.2, 0) is 0 Å². The Labute approximate surface area is 80.1 Å². The molecule has 0 spiro atoms. The standard InChI is InChI=1S/C9H9N3O2/c1-7-6-11(10-7)8-2-4-9(5-3-8)12(13)14/h2-6,10H,1H3. The van der Waals surface area contributed by atoms with Crippen LogP contribution in [0.4, 0.5) is 5.69 Å². The Balaban J connectivity index is 2.28. The predicted molar refractivity (Wildman–Crippen MR) is 51.5 cm³/mol. The van der Waals surface area contributed by atoms with E-state index in [4.69, 9.17) is 0 Å². The van der Waals surface area contributed by atoms with Crippen molar-refractivity contribution in [1.29, 1.82) is 0 Å². The molecule has 1 aromatic carbocycles. The quantitative estimate of drug-likeness (QED) is 0.583. The Morgan fingerprint density at radius 3 is 2.36 bits per heavy atom. The van der Waals surface area contributed by atoms with E-state index in [0.717, 1.165) is 11.4 Å². The van der Waals surface area contributed by atoms with Crippen LogP contribution in [0.1, 0.15) is 5.69 Å². The van der Waals surface area contributed by atoms with E-state index in [1.54, 1.807) is 16.8 Å². The summed E-state index contributed by atoms with van der Waals surface area (Å²) in [6, 6.07) is 6.37. The minimum absolute atomic E-state index is 0.106. The molecule has 0 bridgehead atoms. The minimum atomic E-state index is -0.408. The fourth-order valence-corrected chi connectivity index (χ4v) is 1.25. The lowest BCUT2D eigenvalue weighted by Crippen LogP contribution is -2.07. The third-order valence-corrected chi connectivity index (χ3v) is 1.96. The summed E-state index contributed by atoms with van der Waals surface area (Å²) in [7, 11) is 0. The molecule has 1 N–H and O–H groups in total. The lowest BCUT2D eigenvalue weighted by atomic mass is 10.3. The Bertz CT molecular complexity index is 441. The molecular formula is C9H9N3O2. The molecule has 0 aliphatic rings. The molecule has 0 aliphatic heterocycles. The molecule has 5 nitrogen and oxygen atoms in total. The molecule has 0 fully saturated rings. The molecule has 2 aromatic rings. The van der Waals surface area contributed by atoms with Crippen LogP contribution in [0.5, 0.6) is 0 Å². The van der Waals surface area contributed by atoms with Gasteiger partial charge in [-0.3, -0.25) is 19.9 Å². The summed E-state index contributed by atoms with van der Waals surface area (Å²) in [5, 5.41) is 13.4. The smallest absolute Gasteiger partial charge is 0.269 e. The summed E-state index contributed by atoms with van der Waals surface area (Å²) in [6.45, 7) is 1.95. The number of nitrogens with zero attached hydrogens (tertiary/aromatic N) is 2. The topological polar surface area (TPSA) is 63.9 Å². The van der Waals surface area contributed by atoms with Crippen molar-refractivity contribution in [3.8, 4) is 5.69 Å². The fourth-order valence-electron chi connectivity index (χ4n) is 1.25. The highest BCUT2D eigenvalue weighted by atomic mass is 16.6. The average molecular weight is 191 g/mol. The number of aromatic nitrogens is 2. The van der Waals surface area contributed by atoms with Crippen LogP contribution < -0.4 is 0 Å². The van der Waals surface area contributed by atoms with Crippen LogP contribution in [0.3, 0.4) is 0 Å². The van der Waals surface area contributed by atoms with Crippen molar-refractivity contribution < 1.29 is 4.92 Å². The highest BCUT2D eigenvalue weighted by Gasteiger charge is 2.05. The van der Waals surface area contributed by atoms with Gasteiger partial charge in [0.05, 0.1) is 10.6 Å². The van der Waals surface area contributed by atoms with Crippen molar-refractivity contribution in [2.75, 3.05) is 0 Å². The summed E-state index contributed by atoms with van der Waals surface area (Å²) < 4.78 is 1.80. The Morgan fingerprint density at radius 1 is 1.36 bits per heavy atom. The second-order valence-corrected chi connectivity index (χ2v) is 3.07. The second kappa shape index (κ2) is 3.02. The van der Waals surface area contributed by atoms with Crippen molar-refractivity contribution >= 4 is 5.69 Å². The molecule has 0 saturated carbocycles. The Hall–Kier alpha value is -2.04. The maximum absolute atomic E-state index is 10.4. The number of benzene rings is 1. The number of aromatic amines is 1. The minimum Gasteiger partial charge on any atom is -0.297 e. The zero-order valence-corrected chi connectivity index (χ0v) is 7.60. The number of hydrogen-bond acceptors (Lipinski definition) is 2. The van der Waals surface area contributed by atoms with E-state index in [0.29, 0.717) is 0 Å². The molecule has 14 heavy (non-hydrogen) atoms. The first-order valence-corrected chi connectivity index (χ1v) is 4.15. The molecule has 72 valence electrons. The van der Waals surface area contributed by atoms with Gasteiger partial charge in [0, 0.05) is 24.0 Å². The maximum Gasteiger partial charge on any atom is 0.269 e. The van der Waals surface area contributed by atoms with E-state index in [1.807, 2.05) is 13.1 Å². The van der Waals surface area contributed by atoms with Crippen LogP contribution in [0.25, 0.3) is 5.69 Å². The fraction of sp³-hybridized carbons (Fsp3) is 0.111. The Kier molecular flexibility index (Phi) is 1.85. The van der Waals surface area contributed by atoms with E-state index in [-0.39, 0.29) is 5.69 Å². The van der Waals surface area contributed by atoms with Gasteiger partial charge in [0.15, 0.2) is 0 Å². The van der Waals surface area contributed by atoms with Crippen molar-refractivity contribution in [2.24, 2.45) is 0 Å². The molecule has 0 amide bonds. The number of nitrogens with one attached hydrogen (secondary N) is 1. The van der Waals surface area contributed by atoms with E-state index in [9.17, 15) is 10.1 Å². The highest BCUT2D eigenvalue weighted by Crippen LogP contribution is 2.15. The van der Waals surface area contributed by atoms with Gasteiger partial charge in [0.25, 0.3) is 5.69 Å². The van der Waals surface area contributed by atoms with Gasteiger partial charge >= 0.3 is 0 Å². The van der Waals surface area contributed by atoms with Crippen molar-refractivity contribution in [3.05, 3.63) is 46.3 Å². The van der Waals surface area contributed by atoms with E-state index < -0.39 is 4.92 Å². The van der Waals surface area contributed by atoms with Gasteiger partial charge in [-0.15, -0.1) is 0 Å². The highest BCUT2D eigenvalue weighted by molar-refractivity contribution is 5.40. The first kappa shape index (κ1) is 8.55. The molecular weight excluding hydrogens is 182 g/mol. The van der Waals surface area contributed by atoms with Gasteiger partial charge in [-0.2, -0.15) is 0 Å². The van der Waals surface area contributed by atoms with Crippen LogP contribution >= 0.6 is 0 Å². The summed E-state index contributed by atoms with van der Waals surface area (Å²) in [6.07, 6.45) is 1.92. The molecule has 2 rings (SSSR count). The summed E-state index contributed by atoms with van der Waals surface area (Å²) in [5.74, 6) is 0. The van der Waals surface area contributed by atoms with Gasteiger partial charge in [0.1, 0.15) is 0 Å². The van der Waals surface area contributed by atoms with E-state index in [1.165, 1.54) is 12.1 Å². The zero-order valence-electron chi connectivity index (χ0n) is 7.60. The second-order valence-electron chi connectivity index (χ2n) is 3.07. The van der Waals surface area contributed by atoms with Crippen molar-refractivity contribution in [2.45, 2.75) is 6.92 Å².